The smallest absolute Gasteiger partial charge is 0.303 e. The molecule has 0 amide bonds. The van der Waals surface area contributed by atoms with Crippen LogP contribution in [0.2, 0.25) is 0 Å². The Kier molecular flexibility index (Phi) is 6.35. The lowest BCUT2D eigenvalue weighted by Gasteiger charge is -2.64. The number of ketones is 1. The third-order valence-corrected chi connectivity index (χ3v) is 12.6. The number of ether oxygens (including phenoxy) is 1. The van der Waals surface area contributed by atoms with Gasteiger partial charge in [0.1, 0.15) is 11.7 Å². The first kappa shape index (κ1) is 26.4. The van der Waals surface area contributed by atoms with Gasteiger partial charge in [-0.25, -0.2) is 0 Å². The SMILES string of the molecule is CC(=O)O[C@@H]1C[C@@H]2[C@H]([C@H](O)C[C@]3(C)[C@@H]([C@H](C)[C@H]4C[C@@H]4[C@H](C)C(C)C)CC[C@@H]23)[C@@]2(C)C(=O)C=CC[C@]12O. The summed E-state index contributed by atoms with van der Waals surface area (Å²) < 4.78 is 5.77. The van der Waals surface area contributed by atoms with E-state index < -0.39 is 29.2 Å². The van der Waals surface area contributed by atoms with Crippen molar-refractivity contribution < 1.29 is 24.5 Å². The Bertz CT molecular complexity index is 941. The van der Waals surface area contributed by atoms with Crippen molar-refractivity contribution in [2.75, 3.05) is 0 Å². The van der Waals surface area contributed by atoms with Crippen molar-refractivity contribution >= 4 is 11.8 Å². The molecule has 0 aromatic rings. The molecular weight excluding hydrogens is 452 g/mol. The average molecular weight is 501 g/mol. The van der Waals surface area contributed by atoms with E-state index in [9.17, 15) is 19.8 Å². The first-order valence-electron chi connectivity index (χ1n) is 14.6. The van der Waals surface area contributed by atoms with Crippen LogP contribution in [-0.2, 0) is 14.3 Å². The minimum Gasteiger partial charge on any atom is -0.459 e. The van der Waals surface area contributed by atoms with Gasteiger partial charge < -0.3 is 14.9 Å². The van der Waals surface area contributed by atoms with Crippen LogP contribution < -0.4 is 0 Å². The van der Waals surface area contributed by atoms with E-state index in [2.05, 4.69) is 34.6 Å². The highest BCUT2D eigenvalue weighted by Gasteiger charge is 2.72. The highest BCUT2D eigenvalue weighted by molar-refractivity contribution is 5.97. The lowest BCUT2D eigenvalue weighted by atomic mass is 9.42. The van der Waals surface area contributed by atoms with Crippen LogP contribution in [0.4, 0.5) is 0 Å². The molecule has 13 atom stereocenters. The molecule has 5 aliphatic carbocycles. The van der Waals surface area contributed by atoms with Crippen molar-refractivity contribution in [3.05, 3.63) is 12.2 Å². The molecule has 5 rings (SSSR count). The molecule has 0 unspecified atom stereocenters. The number of aliphatic hydroxyl groups is 2. The predicted octanol–water partition coefficient (Wildman–Crippen LogP) is 5.18. The maximum Gasteiger partial charge on any atom is 0.303 e. The minimum atomic E-state index is -1.49. The fourth-order valence-corrected chi connectivity index (χ4v) is 10.3. The molecule has 0 aliphatic heterocycles. The molecule has 0 aromatic carbocycles. The van der Waals surface area contributed by atoms with E-state index in [-0.39, 0.29) is 29.5 Å². The largest absolute Gasteiger partial charge is 0.459 e. The van der Waals surface area contributed by atoms with E-state index in [0.717, 1.165) is 30.6 Å². The average Bonchev–Trinajstić information content (AvgIpc) is 3.50. The van der Waals surface area contributed by atoms with E-state index >= 15 is 0 Å². The fourth-order valence-electron chi connectivity index (χ4n) is 10.3. The van der Waals surface area contributed by atoms with Crippen LogP contribution in [0.1, 0.15) is 87.0 Å². The number of rotatable bonds is 5. The van der Waals surface area contributed by atoms with Crippen LogP contribution in [0.3, 0.4) is 0 Å². The van der Waals surface area contributed by atoms with Crippen LogP contribution in [0, 0.1) is 64.1 Å². The van der Waals surface area contributed by atoms with Gasteiger partial charge in [-0.3, -0.25) is 9.59 Å². The number of hydrogen-bond acceptors (Lipinski definition) is 5. The Hall–Kier alpha value is -1.20. The molecule has 4 fully saturated rings. The molecule has 5 heteroatoms. The van der Waals surface area contributed by atoms with E-state index in [1.807, 2.05) is 6.92 Å². The van der Waals surface area contributed by atoms with Gasteiger partial charge in [0.05, 0.1) is 11.5 Å². The second-order valence-electron chi connectivity index (χ2n) is 14.2. The number of carbonyl (C=O) groups is 2. The molecule has 4 saturated carbocycles. The monoisotopic (exact) mass is 500 g/mol. The van der Waals surface area contributed by atoms with Gasteiger partial charge in [-0.1, -0.05) is 40.7 Å². The quantitative estimate of drug-likeness (QED) is 0.508. The fraction of sp³-hybridized carbons (Fsp3) is 0.871. The maximum absolute atomic E-state index is 13.5. The molecule has 0 bridgehead atoms. The highest BCUT2D eigenvalue weighted by Crippen LogP contribution is 2.70. The first-order valence-corrected chi connectivity index (χ1v) is 14.6. The van der Waals surface area contributed by atoms with Gasteiger partial charge in [-0.15, -0.1) is 0 Å². The molecule has 0 aromatic heterocycles. The zero-order valence-corrected chi connectivity index (χ0v) is 23.4. The van der Waals surface area contributed by atoms with Crippen LogP contribution >= 0.6 is 0 Å². The zero-order valence-electron chi connectivity index (χ0n) is 23.4. The molecule has 0 heterocycles. The number of carbonyl (C=O) groups excluding carboxylic acids is 2. The van der Waals surface area contributed by atoms with Gasteiger partial charge in [0.15, 0.2) is 5.78 Å². The highest BCUT2D eigenvalue weighted by atomic mass is 16.6. The first-order chi connectivity index (χ1) is 16.8. The lowest BCUT2D eigenvalue weighted by molar-refractivity contribution is -0.257. The third-order valence-electron chi connectivity index (χ3n) is 12.6. The van der Waals surface area contributed by atoms with Crippen molar-refractivity contribution in [3.8, 4) is 0 Å². The Balaban J connectivity index is 1.47. The van der Waals surface area contributed by atoms with Gasteiger partial charge in [0.25, 0.3) is 0 Å². The summed E-state index contributed by atoms with van der Waals surface area (Å²) in [4.78, 5) is 25.6. The summed E-state index contributed by atoms with van der Waals surface area (Å²) in [6.07, 6.45) is 6.93. The number of allylic oxidation sites excluding steroid dienone is 1. The Morgan fingerprint density at radius 3 is 2.44 bits per heavy atom. The summed E-state index contributed by atoms with van der Waals surface area (Å²) in [6.45, 7) is 15.1. The van der Waals surface area contributed by atoms with Crippen molar-refractivity contribution in [1.82, 2.24) is 0 Å². The second-order valence-corrected chi connectivity index (χ2v) is 14.2. The van der Waals surface area contributed by atoms with Crippen molar-refractivity contribution in [2.45, 2.75) is 105 Å². The van der Waals surface area contributed by atoms with Gasteiger partial charge in [0, 0.05) is 12.8 Å². The molecule has 0 saturated heterocycles. The van der Waals surface area contributed by atoms with Gasteiger partial charge in [0.2, 0.25) is 0 Å². The Morgan fingerprint density at radius 2 is 1.81 bits per heavy atom. The molecule has 0 spiro atoms. The number of aliphatic hydroxyl groups excluding tert-OH is 1. The van der Waals surface area contributed by atoms with Crippen LogP contribution in [0.25, 0.3) is 0 Å². The molecule has 5 aliphatic rings. The summed E-state index contributed by atoms with van der Waals surface area (Å²) in [7, 11) is 0. The van der Waals surface area contributed by atoms with Crippen LogP contribution in [0.5, 0.6) is 0 Å². The van der Waals surface area contributed by atoms with Crippen molar-refractivity contribution in [1.29, 1.82) is 0 Å². The number of fused-ring (bicyclic) bond motifs is 5. The number of hydrogen-bond donors (Lipinski definition) is 2. The van der Waals surface area contributed by atoms with Gasteiger partial charge in [-0.05, 0) is 104 Å². The minimum absolute atomic E-state index is 0.00560. The van der Waals surface area contributed by atoms with Gasteiger partial charge in [-0.2, -0.15) is 0 Å². The van der Waals surface area contributed by atoms with Crippen molar-refractivity contribution in [2.24, 2.45) is 64.1 Å². The molecule has 2 N–H and O–H groups in total. The van der Waals surface area contributed by atoms with Crippen LogP contribution in [-0.4, -0.2) is 39.8 Å². The Morgan fingerprint density at radius 1 is 1.11 bits per heavy atom. The van der Waals surface area contributed by atoms with Crippen molar-refractivity contribution in [3.63, 3.8) is 0 Å². The molecule has 36 heavy (non-hydrogen) atoms. The number of esters is 1. The normalized spacial score (nSPS) is 51.2. The second kappa shape index (κ2) is 8.66. The van der Waals surface area contributed by atoms with Crippen LogP contribution in [0.15, 0.2) is 12.2 Å². The summed E-state index contributed by atoms with van der Waals surface area (Å²) in [5.41, 5.74) is -2.65. The summed E-state index contributed by atoms with van der Waals surface area (Å²) in [5, 5.41) is 23.8. The summed E-state index contributed by atoms with van der Waals surface area (Å²) in [6, 6.07) is 0. The predicted molar refractivity (Wildman–Crippen MR) is 139 cm³/mol. The lowest BCUT2D eigenvalue weighted by Crippen LogP contribution is -2.72. The molecule has 0 radical (unpaired) electrons. The van der Waals surface area contributed by atoms with E-state index in [4.69, 9.17) is 4.74 Å². The maximum atomic E-state index is 13.5. The third kappa shape index (κ3) is 3.54. The van der Waals surface area contributed by atoms with E-state index in [0.29, 0.717) is 36.5 Å². The zero-order chi connectivity index (χ0) is 26.4. The molecule has 202 valence electrons. The summed E-state index contributed by atoms with van der Waals surface area (Å²) >= 11 is 0. The van der Waals surface area contributed by atoms with E-state index in [1.165, 1.54) is 13.3 Å². The molecular formula is C31H48O5. The molecule has 5 nitrogen and oxygen atoms in total. The van der Waals surface area contributed by atoms with Gasteiger partial charge >= 0.3 is 5.97 Å². The standard InChI is InChI=1S/C31H48O5/c1-16(2)17(3)20-13-21(20)18(4)23-10-11-24-22-14-27(36-19(5)32)31(35)12-8-9-26(34)30(31,7)28(22)25(33)15-29(23,24)6/h8-9,16-18,20-25,27-28,33,35H,10-15H2,1-7H3/t17-,18-,20-,21-,22+,23-,24+,25-,27-,28-,29-,30-,31+/m1/s1. The van der Waals surface area contributed by atoms with E-state index in [1.54, 1.807) is 12.2 Å². The summed E-state index contributed by atoms with van der Waals surface area (Å²) in [5.74, 6) is 3.72. The topological polar surface area (TPSA) is 83.8 Å². The Labute approximate surface area is 217 Å².